The molecule has 1 aromatic heterocycles. The standard InChI is InChI=1S/C18H20BrNO4/c1-18(2,11-23-10-13-6-4-3-5-7-13)12-24-16-14(19)8-9-15(20-16)17(21)22/h3-9H,10-12H2,1-2H3,(H,21,22). The van der Waals surface area contributed by atoms with Crippen molar-refractivity contribution in [2.45, 2.75) is 20.5 Å². The van der Waals surface area contributed by atoms with Gasteiger partial charge in [0.1, 0.15) is 0 Å². The van der Waals surface area contributed by atoms with Gasteiger partial charge in [-0.05, 0) is 33.6 Å². The summed E-state index contributed by atoms with van der Waals surface area (Å²) in [6.45, 7) is 5.45. The molecule has 0 aliphatic heterocycles. The Bertz CT molecular complexity index is 689. The highest BCUT2D eigenvalue weighted by atomic mass is 79.9. The maximum absolute atomic E-state index is 11.0. The van der Waals surface area contributed by atoms with E-state index in [0.29, 0.717) is 24.3 Å². The summed E-state index contributed by atoms with van der Waals surface area (Å²) in [5.41, 5.74) is 0.828. The van der Waals surface area contributed by atoms with Crippen LogP contribution in [0.5, 0.6) is 5.88 Å². The number of pyridine rings is 1. The summed E-state index contributed by atoms with van der Waals surface area (Å²) < 4.78 is 12.1. The molecule has 0 radical (unpaired) electrons. The first-order chi connectivity index (χ1) is 11.4. The first-order valence-electron chi connectivity index (χ1n) is 7.52. The second-order valence-corrected chi connectivity index (χ2v) is 7.07. The van der Waals surface area contributed by atoms with Crippen molar-refractivity contribution in [3.05, 3.63) is 58.2 Å². The Labute approximate surface area is 149 Å². The predicted octanol–water partition coefficient (Wildman–Crippen LogP) is 4.16. The normalized spacial score (nSPS) is 11.3. The van der Waals surface area contributed by atoms with Crippen LogP contribution in [0.15, 0.2) is 46.9 Å². The van der Waals surface area contributed by atoms with Gasteiger partial charge < -0.3 is 14.6 Å². The Kier molecular flexibility index (Phi) is 6.34. The van der Waals surface area contributed by atoms with Gasteiger partial charge in [-0.2, -0.15) is 0 Å². The molecule has 0 unspecified atom stereocenters. The number of carbonyl (C=O) groups is 1. The lowest BCUT2D eigenvalue weighted by molar-refractivity contribution is 0.0246. The smallest absolute Gasteiger partial charge is 0.354 e. The van der Waals surface area contributed by atoms with Crippen molar-refractivity contribution in [1.82, 2.24) is 4.98 Å². The van der Waals surface area contributed by atoms with Gasteiger partial charge in [0.2, 0.25) is 5.88 Å². The zero-order chi connectivity index (χ0) is 17.6. The molecule has 0 bridgehead atoms. The third kappa shape index (κ3) is 5.62. The van der Waals surface area contributed by atoms with Gasteiger partial charge in [-0.15, -0.1) is 0 Å². The molecule has 0 fully saturated rings. The van der Waals surface area contributed by atoms with Gasteiger partial charge in [-0.1, -0.05) is 44.2 Å². The van der Waals surface area contributed by atoms with Crippen LogP contribution in [0.1, 0.15) is 29.9 Å². The second kappa shape index (κ2) is 8.26. The van der Waals surface area contributed by atoms with Crippen molar-refractivity contribution in [3.63, 3.8) is 0 Å². The fourth-order valence-electron chi connectivity index (χ4n) is 1.97. The number of benzene rings is 1. The molecule has 0 aliphatic rings. The zero-order valence-electron chi connectivity index (χ0n) is 13.7. The van der Waals surface area contributed by atoms with Crippen LogP contribution >= 0.6 is 15.9 Å². The minimum atomic E-state index is -1.09. The average molecular weight is 394 g/mol. The molecule has 0 spiro atoms. The number of ether oxygens (including phenoxy) is 2. The second-order valence-electron chi connectivity index (χ2n) is 6.22. The van der Waals surface area contributed by atoms with Crippen LogP contribution < -0.4 is 4.74 Å². The first kappa shape index (κ1) is 18.4. The number of nitrogens with zero attached hydrogens (tertiary/aromatic N) is 1. The van der Waals surface area contributed by atoms with Crippen LogP contribution in [0, 0.1) is 5.41 Å². The van der Waals surface area contributed by atoms with E-state index < -0.39 is 5.97 Å². The Morgan fingerprint density at radius 2 is 1.88 bits per heavy atom. The molecule has 2 aromatic rings. The highest BCUT2D eigenvalue weighted by molar-refractivity contribution is 9.10. The highest BCUT2D eigenvalue weighted by Crippen LogP contribution is 2.25. The molecule has 2 rings (SSSR count). The molecule has 0 amide bonds. The quantitative estimate of drug-likeness (QED) is 0.728. The third-order valence-electron chi connectivity index (χ3n) is 3.24. The van der Waals surface area contributed by atoms with Crippen LogP contribution in [0.3, 0.4) is 0 Å². The van der Waals surface area contributed by atoms with E-state index in [1.807, 2.05) is 44.2 Å². The van der Waals surface area contributed by atoms with Gasteiger partial charge >= 0.3 is 5.97 Å². The van der Waals surface area contributed by atoms with E-state index in [0.717, 1.165) is 5.56 Å². The SMILES string of the molecule is CC(C)(COCc1ccccc1)COc1nc(C(=O)O)ccc1Br. The van der Waals surface area contributed by atoms with E-state index in [2.05, 4.69) is 20.9 Å². The lowest BCUT2D eigenvalue weighted by Crippen LogP contribution is -2.27. The van der Waals surface area contributed by atoms with Gasteiger partial charge in [-0.3, -0.25) is 0 Å². The number of carboxylic acid groups (broad SMARTS) is 1. The molecule has 0 atom stereocenters. The topological polar surface area (TPSA) is 68.7 Å². The van der Waals surface area contributed by atoms with Gasteiger partial charge in [0, 0.05) is 5.41 Å². The van der Waals surface area contributed by atoms with E-state index in [-0.39, 0.29) is 17.0 Å². The van der Waals surface area contributed by atoms with E-state index in [1.165, 1.54) is 6.07 Å². The van der Waals surface area contributed by atoms with E-state index >= 15 is 0 Å². The van der Waals surface area contributed by atoms with Crippen molar-refractivity contribution < 1.29 is 19.4 Å². The number of aromatic nitrogens is 1. The molecule has 1 N–H and O–H groups in total. The Morgan fingerprint density at radius 1 is 1.17 bits per heavy atom. The Morgan fingerprint density at radius 3 is 2.54 bits per heavy atom. The lowest BCUT2D eigenvalue weighted by atomic mass is 9.96. The number of rotatable bonds is 8. The average Bonchev–Trinajstić information content (AvgIpc) is 2.55. The molecule has 128 valence electrons. The van der Waals surface area contributed by atoms with Crippen LogP contribution in [-0.4, -0.2) is 29.3 Å². The summed E-state index contributed by atoms with van der Waals surface area (Å²) in [5.74, 6) is -0.816. The zero-order valence-corrected chi connectivity index (χ0v) is 15.2. The minimum Gasteiger partial charge on any atom is -0.477 e. The molecule has 24 heavy (non-hydrogen) atoms. The van der Waals surface area contributed by atoms with Crippen LogP contribution in [-0.2, 0) is 11.3 Å². The fraction of sp³-hybridized carbons (Fsp3) is 0.333. The third-order valence-corrected chi connectivity index (χ3v) is 3.84. The van der Waals surface area contributed by atoms with Crippen molar-refractivity contribution in [1.29, 1.82) is 0 Å². The van der Waals surface area contributed by atoms with E-state index in [4.69, 9.17) is 14.6 Å². The molecule has 1 aromatic carbocycles. The lowest BCUT2D eigenvalue weighted by Gasteiger charge is -2.24. The van der Waals surface area contributed by atoms with Crippen molar-refractivity contribution in [2.24, 2.45) is 5.41 Å². The van der Waals surface area contributed by atoms with Crippen molar-refractivity contribution in [3.8, 4) is 5.88 Å². The number of halogens is 1. The van der Waals surface area contributed by atoms with Crippen LogP contribution in [0.25, 0.3) is 0 Å². The molecule has 0 saturated carbocycles. The van der Waals surface area contributed by atoms with Gasteiger partial charge in [-0.25, -0.2) is 9.78 Å². The van der Waals surface area contributed by atoms with E-state index in [1.54, 1.807) is 6.07 Å². The summed E-state index contributed by atoms with van der Waals surface area (Å²) in [5, 5.41) is 9.00. The highest BCUT2D eigenvalue weighted by Gasteiger charge is 2.21. The van der Waals surface area contributed by atoms with Crippen molar-refractivity contribution in [2.75, 3.05) is 13.2 Å². The summed E-state index contributed by atoms with van der Waals surface area (Å²) in [4.78, 5) is 15.0. The summed E-state index contributed by atoms with van der Waals surface area (Å²) in [7, 11) is 0. The summed E-state index contributed by atoms with van der Waals surface area (Å²) in [6, 6.07) is 13.0. The summed E-state index contributed by atoms with van der Waals surface area (Å²) in [6.07, 6.45) is 0. The predicted molar refractivity (Wildman–Crippen MR) is 94.3 cm³/mol. The number of hydrogen-bond acceptors (Lipinski definition) is 4. The fourth-order valence-corrected chi connectivity index (χ4v) is 2.30. The van der Waals surface area contributed by atoms with E-state index in [9.17, 15) is 4.79 Å². The largest absolute Gasteiger partial charge is 0.477 e. The molecular formula is C18H20BrNO4. The minimum absolute atomic E-state index is 0.0497. The maximum atomic E-state index is 11.0. The molecule has 0 aliphatic carbocycles. The number of aromatic carboxylic acids is 1. The van der Waals surface area contributed by atoms with Crippen molar-refractivity contribution >= 4 is 21.9 Å². The van der Waals surface area contributed by atoms with Gasteiger partial charge in [0.25, 0.3) is 0 Å². The Hall–Kier alpha value is -1.92. The summed E-state index contributed by atoms with van der Waals surface area (Å²) >= 11 is 3.32. The molecule has 1 heterocycles. The molecular weight excluding hydrogens is 374 g/mol. The van der Waals surface area contributed by atoms with Crippen LogP contribution in [0.4, 0.5) is 0 Å². The monoisotopic (exact) mass is 393 g/mol. The van der Waals surface area contributed by atoms with Gasteiger partial charge in [0.05, 0.1) is 24.3 Å². The van der Waals surface area contributed by atoms with Gasteiger partial charge in [0.15, 0.2) is 5.69 Å². The maximum Gasteiger partial charge on any atom is 0.354 e. The molecule has 5 nitrogen and oxygen atoms in total. The van der Waals surface area contributed by atoms with Crippen LogP contribution in [0.2, 0.25) is 0 Å². The number of carboxylic acids is 1. The Balaban J connectivity index is 1.88. The number of hydrogen-bond donors (Lipinski definition) is 1. The molecule has 0 saturated heterocycles. The molecule has 6 heteroatoms. The first-order valence-corrected chi connectivity index (χ1v) is 8.31.